The predicted molar refractivity (Wildman–Crippen MR) is 80.9 cm³/mol. The highest BCUT2D eigenvalue weighted by Crippen LogP contribution is 2.20. The number of hydrazone groups is 1. The zero-order valence-corrected chi connectivity index (χ0v) is 12.0. The first-order valence-electron chi connectivity index (χ1n) is 6.13. The molecule has 0 aliphatic rings. The summed E-state index contributed by atoms with van der Waals surface area (Å²) in [5, 5.41) is 5.11. The molecule has 0 fully saturated rings. The number of pyridine rings is 1. The van der Waals surface area contributed by atoms with Crippen molar-refractivity contribution in [1.29, 1.82) is 0 Å². The molecule has 1 amide bonds. The van der Waals surface area contributed by atoms with Gasteiger partial charge in [0.2, 0.25) is 0 Å². The Balaban J connectivity index is 2.26. The third kappa shape index (κ3) is 3.31. The van der Waals surface area contributed by atoms with Gasteiger partial charge in [0, 0.05) is 10.9 Å². The summed E-state index contributed by atoms with van der Waals surface area (Å²) in [5.41, 5.74) is 10.3. The van der Waals surface area contributed by atoms with E-state index in [1.807, 2.05) is 31.2 Å². The molecule has 1 aromatic carbocycles. The Morgan fingerprint density at radius 3 is 2.95 bits per heavy atom. The highest BCUT2D eigenvalue weighted by atomic mass is 35.5. The van der Waals surface area contributed by atoms with Gasteiger partial charge in [0.25, 0.3) is 5.91 Å². The standard InChI is InChI=1S/C14H15ClN4O/c1-8-3-4-10-6-11(13(15)18-12(10)5-8)7-17-19-14(20)9(2)16/h3-7,9H,16H2,1-2H3,(H,19,20)/b17-7-/t9-/m1/s1. The monoisotopic (exact) mass is 290 g/mol. The molecular weight excluding hydrogens is 276 g/mol. The molecule has 0 bridgehead atoms. The number of rotatable bonds is 3. The molecular formula is C14H15ClN4O. The van der Waals surface area contributed by atoms with E-state index in [0.717, 1.165) is 16.5 Å². The van der Waals surface area contributed by atoms with Gasteiger partial charge < -0.3 is 5.73 Å². The Kier molecular flexibility index (Phi) is 4.32. The molecule has 0 spiro atoms. The summed E-state index contributed by atoms with van der Waals surface area (Å²) in [4.78, 5) is 15.6. The van der Waals surface area contributed by atoms with Crippen LogP contribution in [0.3, 0.4) is 0 Å². The first-order valence-corrected chi connectivity index (χ1v) is 6.50. The quantitative estimate of drug-likeness (QED) is 0.515. The molecule has 0 aliphatic heterocycles. The van der Waals surface area contributed by atoms with E-state index >= 15 is 0 Å². The molecule has 1 atom stereocenters. The number of aryl methyl sites for hydroxylation is 1. The van der Waals surface area contributed by atoms with Crippen molar-refractivity contribution in [2.75, 3.05) is 0 Å². The summed E-state index contributed by atoms with van der Waals surface area (Å²) in [6.45, 7) is 3.58. The van der Waals surface area contributed by atoms with Crippen molar-refractivity contribution >= 4 is 34.6 Å². The van der Waals surface area contributed by atoms with E-state index in [1.165, 1.54) is 6.21 Å². The van der Waals surface area contributed by atoms with Gasteiger partial charge in [-0.3, -0.25) is 4.79 Å². The van der Waals surface area contributed by atoms with E-state index in [4.69, 9.17) is 17.3 Å². The van der Waals surface area contributed by atoms with Crippen LogP contribution < -0.4 is 11.2 Å². The number of carbonyl (C=O) groups is 1. The number of carbonyl (C=O) groups excluding carboxylic acids is 1. The third-order valence-electron chi connectivity index (χ3n) is 2.75. The van der Waals surface area contributed by atoms with Crippen LogP contribution in [-0.2, 0) is 4.79 Å². The number of nitrogens with zero attached hydrogens (tertiary/aromatic N) is 2. The maximum atomic E-state index is 11.3. The van der Waals surface area contributed by atoms with Gasteiger partial charge in [0.1, 0.15) is 5.15 Å². The lowest BCUT2D eigenvalue weighted by atomic mass is 10.1. The van der Waals surface area contributed by atoms with Crippen LogP contribution in [0.1, 0.15) is 18.1 Å². The molecule has 0 unspecified atom stereocenters. The number of nitrogens with two attached hydrogens (primary N) is 1. The lowest BCUT2D eigenvalue weighted by molar-refractivity contribution is -0.121. The average Bonchev–Trinajstić information content (AvgIpc) is 2.39. The minimum atomic E-state index is -0.611. The first kappa shape index (κ1) is 14.4. The number of fused-ring (bicyclic) bond motifs is 1. The SMILES string of the molecule is Cc1ccc2cc(/C=N\NC(=O)[C@@H](C)N)c(Cl)nc2c1. The molecule has 5 nitrogen and oxygen atoms in total. The normalized spacial score (nSPS) is 12.8. The van der Waals surface area contributed by atoms with Crippen molar-refractivity contribution < 1.29 is 4.79 Å². The van der Waals surface area contributed by atoms with Gasteiger partial charge in [-0.25, -0.2) is 10.4 Å². The van der Waals surface area contributed by atoms with Gasteiger partial charge in [0.15, 0.2) is 0 Å². The van der Waals surface area contributed by atoms with Crippen molar-refractivity contribution in [3.63, 3.8) is 0 Å². The van der Waals surface area contributed by atoms with Crippen LogP contribution in [0.4, 0.5) is 0 Å². The maximum absolute atomic E-state index is 11.3. The second-order valence-corrected chi connectivity index (χ2v) is 4.95. The summed E-state index contributed by atoms with van der Waals surface area (Å²) >= 11 is 6.09. The molecule has 104 valence electrons. The maximum Gasteiger partial charge on any atom is 0.256 e. The molecule has 0 radical (unpaired) electrons. The van der Waals surface area contributed by atoms with Gasteiger partial charge in [0.05, 0.1) is 17.8 Å². The minimum Gasteiger partial charge on any atom is -0.320 e. The van der Waals surface area contributed by atoms with Crippen molar-refractivity contribution in [1.82, 2.24) is 10.4 Å². The molecule has 1 aromatic heterocycles. The Hall–Kier alpha value is -1.98. The van der Waals surface area contributed by atoms with Gasteiger partial charge in [-0.15, -0.1) is 0 Å². The largest absolute Gasteiger partial charge is 0.320 e. The Morgan fingerprint density at radius 1 is 1.50 bits per heavy atom. The molecule has 1 heterocycles. The van der Waals surface area contributed by atoms with Crippen molar-refractivity contribution in [2.45, 2.75) is 19.9 Å². The fourth-order valence-corrected chi connectivity index (χ4v) is 1.82. The van der Waals surface area contributed by atoms with Gasteiger partial charge in [-0.1, -0.05) is 23.7 Å². The Bertz CT molecular complexity index is 682. The van der Waals surface area contributed by atoms with E-state index in [-0.39, 0.29) is 5.91 Å². The van der Waals surface area contributed by atoms with E-state index < -0.39 is 6.04 Å². The van der Waals surface area contributed by atoms with Crippen LogP contribution in [0.5, 0.6) is 0 Å². The average molecular weight is 291 g/mol. The molecule has 20 heavy (non-hydrogen) atoms. The van der Waals surface area contributed by atoms with Gasteiger partial charge in [-0.05, 0) is 31.5 Å². The van der Waals surface area contributed by atoms with Crippen LogP contribution in [0.15, 0.2) is 29.4 Å². The fraction of sp³-hybridized carbons (Fsp3) is 0.214. The second-order valence-electron chi connectivity index (χ2n) is 4.59. The number of hydrogen-bond donors (Lipinski definition) is 2. The molecule has 6 heteroatoms. The topological polar surface area (TPSA) is 80.4 Å². The zero-order chi connectivity index (χ0) is 14.7. The summed E-state index contributed by atoms with van der Waals surface area (Å²) in [6.07, 6.45) is 1.45. The van der Waals surface area contributed by atoms with E-state index in [2.05, 4.69) is 15.5 Å². The second kappa shape index (κ2) is 5.98. The molecule has 3 N–H and O–H groups in total. The van der Waals surface area contributed by atoms with Crippen LogP contribution in [0, 0.1) is 6.92 Å². The number of aromatic nitrogens is 1. The first-order chi connectivity index (χ1) is 9.47. The number of nitrogens with one attached hydrogen (secondary N) is 1. The third-order valence-corrected chi connectivity index (χ3v) is 3.05. The number of benzene rings is 1. The van der Waals surface area contributed by atoms with E-state index in [9.17, 15) is 4.79 Å². The van der Waals surface area contributed by atoms with Crippen molar-refractivity contribution in [3.05, 3.63) is 40.5 Å². The summed E-state index contributed by atoms with van der Waals surface area (Å²) in [6, 6.07) is 7.18. The number of hydrogen-bond acceptors (Lipinski definition) is 4. The highest BCUT2D eigenvalue weighted by molar-refractivity contribution is 6.32. The summed E-state index contributed by atoms with van der Waals surface area (Å²) in [5.74, 6) is -0.359. The molecule has 0 aliphatic carbocycles. The molecule has 0 saturated heterocycles. The lowest BCUT2D eigenvalue weighted by Gasteiger charge is -2.04. The Morgan fingerprint density at radius 2 is 2.25 bits per heavy atom. The van der Waals surface area contributed by atoms with Crippen LogP contribution >= 0.6 is 11.6 Å². The molecule has 2 rings (SSSR count). The van der Waals surface area contributed by atoms with Crippen LogP contribution in [0.2, 0.25) is 5.15 Å². The number of halogens is 1. The van der Waals surface area contributed by atoms with Gasteiger partial charge >= 0.3 is 0 Å². The summed E-state index contributed by atoms with van der Waals surface area (Å²) < 4.78 is 0. The van der Waals surface area contributed by atoms with Gasteiger partial charge in [-0.2, -0.15) is 5.10 Å². The van der Waals surface area contributed by atoms with E-state index in [1.54, 1.807) is 6.92 Å². The van der Waals surface area contributed by atoms with Crippen LogP contribution in [-0.4, -0.2) is 23.1 Å². The smallest absolute Gasteiger partial charge is 0.256 e. The summed E-state index contributed by atoms with van der Waals surface area (Å²) in [7, 11) is 0. The zero-order valence-electron chi connectivity index (χ0n) is 11.2. The van der Waals surface area contributed by atoms with E-state index in [0.29, 0.717) is 10.7 Å². The molecule has 0 saturated carbocycles. The fourth-order valence-electron chi connectivity index (χ4n) is 1.63. The predicted octanol–water partition coefficient (Wildman–Crippen LogP) is 1.99. The highest BCUT2D eigenvalue weighted by Gasteiger charge is 2.06. The Labute approximate surface area is 121 Å². The number of amides is 1. The van der Waals surface area contributed by atoms with Crippen LogP contribution in [0.25, 0.3) is 10.9 Å². The lowest BCUT2D eigenvalue weighted by Crippen LogP contribution is -2.35. The molecule has 2 aromatic rings. The van der Waals surface area contributed by atoms with Crippen molar-refractivity contribution in [3.8, 4) is 0 Å². The minimum absolute atomic E-state index is 0.335. The van der Waals surface area contributed by atoms with Crippen molar-refractivity contribution in [2.24, 2.45) is 10.8 Å².